The van der Waals surface area contributed by atoms with Crippen LogP contribution in [0.2, 0.25) is 0 Å². The highest BCUT2D eigenvalue weighted by atomic mass is 16.5. The quantitative estimate of drug-likeness (QED) is 0.650. The number of carbonyl (C=O) groups excluding carboxylic acids is 1. The Labute approximate surface area is 88.8 Å². The van der Waals surface area contributed by atoms with Crippen LogP contribution >= 0.6 is 0 Å². The van der Waals surface area contributed by atoms with E-state index in [-0.39, 0.29) is 6.10 Å². The van der Waals surface area contributed by atoms with Crippen LogP contribution in [0.15, 0.2) is 0 Å². The van der Waals surface area contributed by atoms with E-state index in [1.54, 1.807) is 0 Å². The van der Waals surface area contributed by atoms with Crippen molar-refractivity contribution in [3.63, 3.8) is 0 Å². The maximum atomic E-state index is 11.2. The number of hydrogen-bond acceptors (Lipinski definition) is 3. The van der Waals surface area contributed by atoms with Crippen molar-refractivity contribution in [1.29, 1.82) is 0 Å². The Morgan fingerprint density at radius 3 is 2.87 bits per heavy atom. The summed E-state index contributed by atoms with van der Waals surface area (Å²) in [7, 11) is 0. The first-order valence-electron chi connectivity index (χ1n) is 5.23. The van der Waals surface area contributed by atoms with Crippen LogP contribution in [-0.2, 0) is 14.3 Å². The zero-order valence-corrected chi connectivity index (χ0v) is 8.86. The molecule has 0 bridgehead atoms. The molecule has 1 saturated heterocycles. The monoisotopic (exact) mass is 215 g/mol. The summed E-state index contributed by atoms with van der Waals surface area (Å²) in [5, 5.41) is 11.2. The van der Waals surface area contributed by atoms with Gasteiger partial charge in [0, 0.05) is 13.2 Å². The summed E-state index contributed by atoms with van der Waals surface area (Å²) in [6.45, 7) is 2.66. The molecule has 0 aliphatic carbocycles. The van der Waals surface area contributed by atoms with Gasteiger partial charge in [0.25, 0.3) is 0 Å². The first-order chi connectivity index (χ1) is 7.11. The molecule has 1 amide bonds. The van der Waals surface area contributed by atoms with Crippen LogP contribution in [0.4, 0.5) is 0 Å². The zero-order chi connectivity index (χ0) is 11.3. The molecule has 1 rings (SSSR count). The van der Waals surface area contributed by atoms with E-state index in [9.17, 15) is 9.59 Å². The topological polar surface area (TPSA) is 75.6 Å². The van der Waals surface area contributed by atoms with Gasteiger partial charge in [0.1, 0.15) is 5.92 Å². The molecule has 1 aliphatic rings. The lowest BCUT2D eigenvalue weighted by Gasteiger charge is -2.11. The van der Waals surface area contributed by atoms with E-state index >= 15 is 0 Å². The van der Waals surface area contributed by atoms with Crippen LogP contribution < -0.4 is 5.32 Å². The SMILES string of the molecule is CC(C(=O)O)C(=O)NCCC1CCCO1. The predicted molar refractivity (Wildman–Crippen MR) is 53.4 cm³/mol. The van der Waals surface area contributed by atoms with Gasteiger partial charge in [0.05, 0.1) is 6.10 Å². The van der Waals surface area contributed by atoms with Crippen LogP contribution in [0.25, 0.3) is 0 Å². The Hall–Kier alpha value is -1.10. The number of rotatable bonds is 5. The van der Waals surface area contributed by atoms with E-state index in [1.165, 1.54) is 6.92 Å². The maximum Gasteiger partial charge on any atom is 0.315 e. The predicted octanol–water partition coefficient (Wildman–Crippen LogP) is 0.392. The average Bonchev–Trinajstić information content (AvgIpc) is 2.69. The van der Waals surface area contributed by atoms with E-state index in [2.05, 4.69) is 5.32 Å². The highest BCUT2D eigenvalue weighted by Crippen LogP contribution is 2.14. The van der Waals surface area contributed by atoms with Crippen molar-refractivity contribution in [2.45, 2.75) is 32.3 Å². The fraction of sp³-hybridized carbons (Fsp3) is 0.800. The zero-order valence-electron chi connectivity index (χ0n) is 8.86. The highest BCUT2D eigenvalue weighted by Gasteiger charge is 2.21. The van der Waals surface area contributed by atoms with Crippen LogP contribution in [-0.4, -0.2) is 36.2 Å². The van der Waals surface area contributed by atoms with Crippen molar-refractivity contribution < 1.29 is 19.4 Å². The molecule has 2 atom stereocenters. The molecule has 1 aliphatic heterocycles. The van der Waals surface area contributed by atoms with Gasteiger partial charge in [-0.2, -0.15) is 0 Å². The van der Waals surface area contributed by atoms with Gasteiger partial charge in [-0.25, -0.2) is 0 Å². The molecule has 0 aromatic carbocycles. The molecule has 1 fully saturated rings. The van der Waals surface area contributed by atoms with Crippen LogP contribution in [0.1, 0.15) is 26.2 Å². The molecule has 0 radical (unpaired) electrons. The Kier molecular flexibility index (Phi) is 4.55. The molecule has 2 unspecified atom stereocenters. The van der Waals surface area contributed by atoms with Crippen molar-refractivity contribution in [3.05, 3.63) is 0 Å². The van der Waals surface area contributed by atoms with Crippen molar-refractivity contribution in [1.82, 2.24) is 5.32 Å². The maximum absolute atomic E-state index is 11.2. The molecule has 2 N–H and O–H groups in total. The number of hydrogen-bond donors (Lipinski definition) is 2. The third-order valence-corrected chi connectivity index (χ3v) is 2.55. The minimum absolute atomic E-state index is 0.227. The summed E-state index contributed by atoms with van der Waals surface area (Å²) < 4.78 is 5.38. The van der Waals surface area contributed by atoms with E-state index in [1.807, 2.05) is 0 Å². The summed E-state index contributed by atoms with van der Waals surface area (Å²) in [5.74, 6) is -2.50. The van der Waals surface area contributed by atoms with E-state index in [4.69, 9.17) is 9.84 Å². The third-order valence-electron chi connectivity index (χ3n) is 2.55. The Morgan fingerprint density at radius 2 is 2.33 bits per heavy atom. The van der Waals surface area contributed by atoms with Gasteiger partial charge in [-0.3, -0.25) is 9.59 Å². The van der Waals surface area contributed by atoms with Crippen molar-refractivity contribution >= 4 is 11.9 Å². The lowest BCUT2D eigenvalue weighted by Crippen LogP contribution is -2.35. The summed E-state index contributed by atoms with van der Waals surface area (Å²) in [5.41, 5.74) is 0. The first kappa shape index (κ1) is 12.0. The van der Waals surface area contributed by atoms with Gasteiger partial charge in [-0.05, 0) is 26.2 Å². The van der Waals surface area contributed by atoms with E-state index < -0.39 is 17.8 Å². The van der Waals surface area contributed by atoms with E-state index in [0.717, 1.165) is 25.9 Å². The number of nitrogens with one attached hydrogen (secondary N) is 1. The fourth-order valence-corrected chi connectivity index (χ4v) is 1.49. The Balaban J connectivity index is 2.13. The normalized spacial score (nSPS) is 22.3. The lowest BCUT2D eigenvalue weighted by molar-refractivity contribution is -0.146. The van der Waals surface area contributed by atoms with Gasteiger partial charge in [0.2, 0.25) is 5.91 Å². The lowest BCUT2D eigenvalue weighted by atomic mass is 10.1. The van der Waals surface area contributed by atoms with Crippen molar-refractivity contribution in [3.8, 4) is 0 Å². The summed E-state index contributed by atoms with van der Waals surface area (Å²) in [6, 6.07) is 0. The minimum atomic E-state index is -1.09. The molecule has 0 aromatic heterocycles. The molecule has 0 saturated carbocycles. The number of carboxylic acid groups (broad SMARTS) is 1. The van der Waals surface area contributed by atoms with Gasteiger partial charge in [0.15, 0.2) is 0 Å². The Morgan fingerprint density at radius 1 is 1.60 bits per heavy atom. The first-order valence-corrected chi connectivity index (χ1v) is 5.23. The second-order valence-electron chi connectivity index (χ2n) is 3.77. The third kappa shape index (κ3) is 3.87. The Bertz CT molecular complexity index is 236. The van der Waals surface area contributed by atoms with Gasteiger partial charge < -0.3 is 15.2 Å². The standard InChI is InChI=1S/C10H17NO4/c1-7(10(13)14)9(12)11-5-4-8-3-2-6-15-8/h7-8H,2-6H2,1H3,(H,11,12)(H,13,14). The summed E-state index contributed by atoms with van der Waals surface area (Å²) >= 11 is 0. The van der Waals surface area contributed by atoms with Crippen molar-refractivity contribution in [2.75, 3.05) is 13.2 Å². The molecule has 5 nitrogen and oxygen atoms in total. The molecule has 0 aromatic rings. The number of carbonyl (C=O) groups is 2. The van der Waals surface area contributed by atoms with Crippen LogP contribution in [0.3, 0.4) is 0 Å². The van der Waals surface area contributed by atoms with Crippen LogP contribution in [0.5, 0.6) is 0 Å². The number of aliphatic carboxylic acids is 1. The summed E-state index contributed by atoms with van der Waals surface area (Å²) in [4.78, 5) is 21.7. The molecular weight excluding hydrogens is 198 g/mol. The van der Waals surface area contributed by atoms with E-state index in [0.29, 0.717) is 6.54 Å². The second kappa shape index (κ2) is 5.70. The van der Waals surface area contributed by atoms with Crippen molar-refractivity contribution in [2.24, 2.45) is 5.92 Å². The molecule has 1 heterocycles. The largest absolute Gasteiger partial charge is 0.481 e. The average molecular weight is 215 g/mol. The smallest absolute Gasteiger partial charge is 0.315 e. The second-order valence-corrected chi connectivity index (χ2v) is 3.77. The number of amides is 1. The van der Waals surface area contributed by atoms with Gasteiger partial charge in [-0.15, -0.1) is 0 Å². The summed E-state index contributed by atoms with van der Waals surface area (Å²) in [6.07, 6.45) is 3.09. The minimum Gasteiger partial charge on any atom is -0.481 e. The molecule has 15 heavy (non-hydrogen) atoms. The number of carboxylic acids is 1. The molecular formula is C10H17NO4. The number of ether oxygens (including phenoxy) is 1. The molecule has 0 spiro atoms. The van der Waals surface area contributed by atoms with Gasteiger partial charge >= 0.3 is 5.97 Å². The van der Waals surface area contributed by atoms with Gasteiger partial charge in [-0.1, -0.05) is 0 Å². The fourth-order valence-electron chi connectivity index (χ4n) is 1.49. The molecule has 86 valence electrons. The van der Waals surface area contributed by atoms with Crippen LogP contribution in [0, 0.1) is 5.92 Å². The highest BCUT2D eigenvalue weighted by molar-refractivity contribution is 5.96. The molecule has 5 heteroatoms.